The Bertz CT molecular complexity index is 644. The average Bonchev–Trinajstić information content (AvgIpc) is 2.60. The fourth-order valence-corrected chi connectivity index (χ4v) is 3.30. The molecule has 0 bridgehead atoms. The van der Waals surface area contributed by atoms with Crippen LogP contribution in [0.25, 0.3) is 0 Å². The first kappa shape index (κ1) is 19.2. The fraction of sp³-hybridized carbons (Fsp3) is 0.524. The number of carbonyl (C=O) groups excluding carboxylic acids is 1. The molecule has 1 atom stereocenters. The van der Waals surface area contributed by atoms with Gasteiger partial charge < -0.3 is 9.94 Å². The number of hydrogen-bond acceptors (Lipinski definition) is 4. The summed E-state index contributed by atoms with van der Waals surface area (Å²) in [6.45, 7) is 6.48. The summed E-state index contributed by atoms with van der Waals surface area (Å²) in [6.07, 6.45) is 4.53. The minimum atomic E-state index is -0.0433. The van der Waals surface area contributed by atoms with Crippen molar-refractivity contribution in [3.63, 3.8) is 0 Å². The molecule has 1 aliphatic carbocycles. The van der Waals surface area contributed by atoms with E-state index in [-0.39, 0.29) is 17.5 Å². The number of nitrogens with zero attached hydrogens (tertiary/aromatic N) is 1. The Morgan fingerprint density at radius 1 is 1.16 bits per heavy atom. The van der Waals surface area contributed by atoms with Crippen molar-refractivity contribution in [2.75, 3.05) is 6.61 Å². The maximum atomic E-state index is 12.7. The van der Waals surface area contributed by atoms with Crippen molar-refractivity contribution in [3.8, 4) is 0 Å². The van der Waals surface area contributed by atoms with Crippen molar-refractivity contribution in [1.29, 1.82) is 0 Å². The maximum Gasteiger partial charge on any atom is 0.168 e. The van der Waals surface area contributed by atoms with Crippen LogP contribution in [0.1, 0.15) is 69.9 Å². The SMILES string of the molecule is CCCC(=NOCC)C1=C(O)CC(c2ccc(CCC)cc2)CC1=O. The van der Waals surface area contributed by atoms with Gasteiger partial charge in [0.15, 0.2) is 5.78 Å². The molecule has 0 saturated heterocycles. The zero-order valence-electron chi connectivity index (χ0n) is 15.5. The number of benzene rings is 1. The quantitative estimate of drug-likeness (QED) is 0.528. The van der Waals surface area contributed by atoms with Gasteiger partial charge in [-0.1, -0.05) is 56.1 Å². The smallest absolute Gasteiger partial charge is 0.168 e. The molecular formula is C21H29NO3. The lowest BCUT2D eigenvalue weighted by molar-refractivity contribution is -0.116. The molecular weight excluding hydrogens is 314 g/mol. The summed E-state index contributed by atoms with van der Waals surface area (Å²) < 4.78 is 0. The molecule has 0 amide bonds. The summed E-state index contributed by atoms with van der Waals surface area (Å²) in [4.78, 5) is 17.8. The van der Waals surface area contributed by atoms with E-state index in [1.807, 2.05) is 13.8 Å². The zero-order valence-corrected chi connectivity index (χ0v) is 15.5. The van der Waals surface area contributed by atoms with Crippen LogP contribution in [0.4, 0.5) is 0 Å². The summed E-state index contributed by atoms with van der Waals surface area (Å²) in [6, 6.07) is 8.42. The maximum absolute atomic E-state index is 12.7. The molecule has 136 valence electrons. The predicted molar refractivity (Wildman–Crippen MR) is 101 cm³/mol. The number of carbonyl (C=O) groups is 1. The summed E-state index contributed by atoms with van der Waals surface area (Å²) in [5, 5.41) is 14.6. The summed E-state index contributed by atoms with van der Waals surface area (Å²) in [7, 11) is 0. The van der Waals surface area contributed by atoms with Crippen molar-refractivity contribution < 1.29 is 14.7 Å². The molecule has 1 aliphatic rings. The van der Waals surface area contributed by atoms with E-state index in [1.54, 1.807) is 0 Å². The fourth-order valence-electron chi connectivity index (χ4n) is 3.30. The highest BCUT2D eigenvalue weighted by atomic mass is 16.6. The van der Waals surface area contributed by atoms with Crippen molar-refractivity contribution >= 4 is 11.5 Å². The van der Waals surface area contributed by atoms with Crippen LogP contribution in [-0.4, -0.2) is 23.2 Å². The van der Waals surface area contributed by atoms with Crippen molar-refractivity contribution in [1.82, 2.24) is 0 Å². The second-order valence-corrected chi connectivity index (χ2v) is 6.55. The van der Waals surface area contributed by atoms with Gasteiger partial charge in [0.05, 0.1) is 11.3 Å². The first-order chi connectivity index (χ1) is 12.1. The van der Waals surface area contributed by atoms with Crippen molar-refractivity contribution in [2.24, 2.45) is 5.16 Å². The second-order valence-electron chi connectivity index (χ2n) is 6.55. The van der Waals surface area contributed by atoms with Crippen LogP contribution in [0, 0.1) is 0 Å². The van der Waals surface area contributed by atoms with Gasteiger partial charge in [-0.05, 0) is 36.8 Å². The largest absolute Gasteiger partial charge is 0.511 e. The molecule has 0 aliphatic heterocycles. The van der Waals surface area contributed by atoms with E-state index in [2.05, 4.69) is 36.3 Å². The summed E-state index contributed by atoms with van der Waals surface area (Å²) in [5.41, 5.74) is 3.36. The van der Waals surface area contributed by atoms with Gasteiger partial charge in [0, 0.05) is 12.8 Å². The Hall–Kier alpha value is -2.10. The van der Waals surface area contributed by atoms with E-state index in [9.17, 15) is 9.90 Å². The highest BCUT2D eigenvalue weighted by molar-refractivity contribution is 6.23. The molecule has 0 fully saturated rings. The molecule has 0 saturated carbocycles. The molecule has 4 nitrogen and oxygen atoms in total. The van der Waals surface area contributed by atoms with E-state index in [1.165, 1.54) is 5.56 Å². The lowest BCUT2D eigenvalue weighted by Crippen LogP contribution is -2.24. The lowest BCUT2D eigenvalue weighted by Gasteiger charge is -2.24. The monoisotopic (exact) mass is 343 g/mol. The first-order valence-corrected chi connectivity index (χ1v) is 9.33. The predicted octanol–water partition coefficient (Wildman–Crippen LogP) is 5.09. The van der Waals surface area contributed by atoms with Gasteiger partial charge in [-0.25, -0.2) is 0 Å². The normalized spacial score (nSPS) is 18.6. The molecule has 0 heterocycles. The van der Waals surface area contributed by atoms with Gasteiger partial charge in [-0.2, -0.15) is 0 Å². The Morgan fingerprint density at radius 2 is 1.88 bits per heavy atom. The van der Waals surface area contributed by atoms with Crippen molar-refractivity contribution in [3.05, 3.63) is 46.7 Å². The standard InChI is InChI=1S/C21H29NO3/c1-4-7-15-9-11-16(12-10-15)17-13-19(23)21(20(24)14-17)18(8-5-2)22-25-6-3/h9-12,17,23H,4-8,13-14H2,1-3H3. The second kappa shape index (κ2) is 9.40. The highest BCUT2D eigenvalue weighted by Crippen LogP contribution is 2.34. The third-order valence-electron chi connectivity index (χ3n) is 4.51. The average molecular weight is 343 g/mol. The molecule has 1 aromatic rings. The van der Waals surface area contributed by atoms with Gasteiger partial charge in [-0.3, -0.25) is 4.79 Å². The van der Waals surface area contributed by atoms with Crippen LogP contribution in [0.5, 0.6) is 0 Å². The lowest BCUT2D eigenvalue weighted by atomic mass is 9.80. The third kappa shape index (κ3) is 4.94. The molecule has 4 heteroatoms. The number of rotatable bonds is 8. The Labute approximate surface area is 150 Å². The van der Waals surface area contributed by atoms with Crippen LogP contribution in [-0.2, 0) is 16.1 Å². The minimum absolute atomic E-state index is 0.0295. The van der Waals surface area contributed by atoms with Crippen LogP contribution >= 0.6 is 0 Å². The number of aliphatic hydroxyl groups excluding tert-OH is 1. The summed E-state index contributed by atoms with van der Waals surface area (Å²) >= 11 is 0. The Morgan fingerprint density at radius 3 is 2.44 bits per heavy atom. The molecule has 25 heavy (non-hydrogen) atoms. The Balaban J connectivity index is 2.21. The van der Waals surface area contributed by atoms with Crippen molar-refractivity contribution in [2.45, 2.75) is 65.2 Å². The number of oxime groups is 1. The third-order valence-corrected chi connectivity index (χ3v) is 4.51. The molecule has 0 spiro atoms. The molecule has 1 unspecified atom stereocenters. The number of aliphatic hydroxyl groups is 1. The van der Waals surface area contributed by atoms with Crippen LogP contribution < -0.4 is 0 Å². The molecule has 1 aromatic carbocycles. The number of ketones is 1. The Kier molecular flexibility index (Phi) is 7.23. The van der Waals surface area contributed by atoms with Gasteiger partial charge >= 0.3 is 0 Å². The van der Waals surface area contributed by atoms with Gasteiger partial charge in [0.1, 0.15) is 12.4 Å². The van der Waals surface area contributed by atoms with E-state index in [0.717, 1.165) is 24.8 Å². The minimum Gasteiger partial charge on any atom is -0.511 e. The van der Waals surface area contributed by atoms with E-state index >= 15 is 0 Å². The molecule has 0 aromatic heterocycles. The number of hydrogen-bond donors (Lipinski definition) is 1. The first-order valence-electron chi connectivity index (χ1n) is 9.33. The van der Waals surface area contributed by atoms with Gasteiger partial charge in [-0.15, -0.1) is 0 Å². The van der Waals surface area contributed by atoms with Crippen LogP contribution in [0.15, 0.2) is 40.8 Å². The number of allylic oxidation sites excluding steroid dienone is 2. The highest BCUT2D eigenvalue weighted by Gasteiger charge is 2.31. The van der Waals surface area contributed by atoms with E-state index in [0.29, 0.717) is 37.2 Å². The number of Topliss-reactive ketones (excluding diaryl/α,β-unsaturated/α-hetero) is 1. The topological polar surface area (TPSA) is 58.9 Å². The molecule has 1 N–H and O–H groups in total. The van der Waals surface area contributed by atoms with E-state index in [4.69, 9.17) is 4.84 Å². The van der Waals surface area contributed by atoms with Crippen LogP contribution in [0.3, 0.4) is 0 Å². The molecule has 2 rings (SSSR count). The van der Waals surface area contributed by atoms with Gasteiger partial charge in [0.25, 0.3) is 0 Å². The zero-order chi connectivity index (χ0) is 18.2. The molecule has 0 radical (unpaired) electrons. The van der Waals surface area contributed by atoms with E-state index < -0.39 is 0 Å². The number of aryl methyl sites for hydroxylation is 1. The summed E-state index contributed by atoms with van der Waals surface area (Å²) in [5.74, 6) is 0.131. The van der Waals surface area contributed by atoms with Gasteiger partial charge in [0.2, 0.25) is 0 Å². The van der Waals surface area contributed by atoms with Crippen LogP contribution in [0.2, 0.25) is 0 Å².